The van der Waals surface area contributed by atoms with Crippen molar-refractivity contribution >= 4 is 17.7 Å². The number of amides is 1. The topological polar surface area (TPSA) is 75.1 Å². The molecule has 2 N–H and O–H groups in total. The highest BCUT2D eigenvalue weighted by Gasteiger charge is 1.97. The van der Waals surface area contributed by atoms with Crippen LogP contribution in [-0.4, -0.2) is 21.2 Å². The molecule has 1 rings (SSSR count). The molecule has 0 saturated heterocycles. The fraction of sp³-hybridized carbons (Fsp3) is 0.167. The first-order valence-electron chi connectivity index (χ1n) is 3.11. The van der Waals surface area contributed by atoms with Crippen LogP contribution in [-0.2, 0) is 6.54 Å². The summed E-state index contributed by atoms with van der Waals surface area (Å²) in [6.45, 7) is 0.187. The van der Waals surface area contributed by atoms with Crippen LogP contribution in [0.5, 0.6) is 0 Å². The van der Waals surface area contributed by atoms with Gasteiger partial charge in [-0.1, -0.05) is 0 Å². The molecule has 0 aliphatic heterocycles. The Hall–Kier alpha value is -1.36. The second kappa shape index (κ2) is 3.87. The summed E-state index contributed by atoms with van der Waals surface area (Å²) < 4.78 is 0. The molecule has 0 saturated carbocycles. The lowest BCUT2D eigenvalue weighted by Crippen LogP contribution is -2.20. The molecule has 0 aliphatic rings. The predicted molar refractivity (Wildman–Crippen MR) is 41.9 cm³/mol. The Morgan fingerprint density at radius 1 is 1.58 bits per heavy atom. The lowest BCUT2D eigenvalue weighted by atomic mass is 10.3. The average Bonchev–Trinajstić information content (AvgIpc) is 2.03. The molecule has 0 aliphatic carbocycles. The summed E-state index contributed by atoms with van der Waals surface area (Å²) in [6, 6.07) is 0. The molecule has 0 radical (unpaired) electrons. The number of carbonyl (C=O) groups is 1. The molecule has 64 valence electrons. The molecule has 0 spiro atoms. The van der Waals surface area contributed by atoms with Crippen LogP contribution >= 0.6 is 11.6 Å². The van der Waals surface area contributed by atoms with Crippen molar-refractivity contribution in [3.63, 3.8) is 0 Å². The standard InChI is InChI=1S/C6H6ClN3O2/c7-5-8-1-4(2-9-5)3-10-6(11)12/h1-2,10H,3H2,(H,11,12). The van der Waals surface area contributed by atoms with E-state index in [0.717, 1.165) is 0 Å². The van der Waals surface area contributed by atoms with Crippen LogP contribution in [0.15, 0.2) is 12.4 Å². The summed E-state index contributed by atoms with van der Waals surface area (Å²) in [6.07, 6.45) is 1.85. The van der Waals surface area contributed by atoms with Gasteiger partial charge in [-0.2, -0.15) is 0 Å². The molecule has 6 heteroatoms. The van der Waals surface area contributed by atoms with E-state index >= 15 is 0 Å². The van der Waals surface area contributed by atoms with Crippen LogP contribution in [0, 0.1) is 0 Å². The lowest BCUT2D eigenvalue weighted by molar-refractivity contribution is 0.194. The van der Waals surface area contributed by atoms with Crippen molar-refractivity contribution in [3.8, 4) is 0 Å². The van der Waals surface area contributed by atoms with E-state index in [9.17, 15) is 4.79 Å². The fourth-order valence-corrected chi connectivity index (χ4v) is 0.706. The number of nitrogens with zero attached hydrogens (tertiary/aromatic N) is 2. The van der Waals surface area contributed by atoms with Gasteiger partial charge in [0.05, 0.1) is 0 Å². The minimum Gasteiger partial charge on any atom is -0.465 e. The van der Waals surface area contributed by atoms with Crippen LogP contribution in [0.3, 0.4) is 0 Å². The highest BCUT2D eigenvalue weighted by Crippen LogP contribution is 1.99. The summed E-state index contributed by atoms with van der Waals surface area (Å²) in [5, 5.41) is 10.6. The van der Waals surface area contributed by atoms with Gasteiger partial charge in [-0.15, -0.1) is 0 Å². The van der Waals surface area contributed by atoms with Crippen molar-refractivity contribution in [1.82, 2.24) is 15.3 Å². The van der Waals surface area contributed by atoms with Gasteiger partial charge in [-0.3, -0.25) is 0 Å². The third-order valence-electron chi connectivity index (χ3n) is 1.12. The van der Waals surface area contributed by atoms with Gasteiger partial charge in [0.15, 0.2) is 0 Å². The molecular formula is C6H6ClN3O2. The Morgan fingerprint density at radius 2 is 2.17 bits per heavy atom. The Bertz CT molecular complexity index is 275. The Morgan fingerprint density at radius 3 is 2.67 bits per heavy atom. The summed E-state index contributed by atoms with van der Waals surface area (Å²) >= 11 is 5.42. The number of rotatable bonds is 2. The zero-order valence-corrected chi connectivity index (χ0v) is 6.75. The van der Waals surface area contributed by atoms with Gasteiger partial charge in [-0.05, 0) is 11.6 Å². The first kappa shape index (κ1) is 8.73. The molecule has 0 fully saturated rings. The van der Waals surface area contributed by atoms with Gasteiger partial charge in [0.25, 0.3) is 0 Å². The maximum absolute atomic E-state index is 10.1. The molecule has 5 nitrogen and oxygen atoms in total. The largest absolute Gasteiger partial charge is 0.465 e. The zero-order chi connectivity index (χ0) is 8.97. The number of aromatic nitrogens is 2. The predicted octanol–water partition coefficient (Wildman–Crippen LogP) is 0.898. The monoisotopic (exact) mass is 187 g/mol. The van der Waals surface area contributed by atoms with E-state index in [1.807, 2.05) is 0 Å². The molecule has 1 aromatic rings. The van der Waals surface area contributed by atoms with Crippen molar-refractivity contribution < 1.29 is 9.90 Å². The fourth-order valence-electron chi connectivity index (χ4n) is 0.608. The molecule has 1 heterocycles. The smallest absolute Gasteiger partial charge is 0.404 e. The van der Waals surface area contributed by atoms with Crippen molar-refractivity contribution in [1.29, 1.82) is 0 Å². The normalized spacial score (nSPS) is 9.42. The minimum absolute atomic E-state index is 0.147. The Labute approximate surface area is 73.4 Å². The van der Waals surface area contributed by atoms with Crippen LogP contribution in [0.1, 0.15) is 5.56 Å². The summed E-state index contributed by atoms with van der Waals surface area (Å²) in [5.74, 6) is 0. The van der Waals surface area contributed by atoms with Crippen molar-refractivity contribution in [2.75, 3.05) is 0 Å². The first-order valence-corrected chi connectivity index (χ1v) is 3.49. The van der Waals surface area contributed by atoms with E-state index in [1.54, 1.807) is 0 Å². The Kier molecular flexibility index (Phi) is 2.82. The van der Waals surface area contributed by atoms with Gasteiger partial charge in [-0.25, -0.2) is 14.8 Å². The van der Waals surface area contributed by atoms with E-state index in [0.29, 0.717) is 5.56 Å². The van der Waals surface area contributed by atoms with E-state index < -0.39 is 6.09 Å². The van der Waals surface area contributed by atoms with Crippen LogP contribution in [0.4, 0.5) is 4.79 Å². The van der Waals surface area contributed by atoms with Crippen LogP contribution in [0.25, 0.3) is 0 Å². The van der Waals surface area contributed by atoms with Crippen molar-refractivity contribution in [3.05, 3.63) is 23.2 Å². The number of nitrogens with one attached hydrogen (secondary N) is 1. The number of hydrogen-bond donors (Lipinski definition) is 2. The SMILES string of the molecule is O=C(O)NCc1cnc(Cl)nc1. The summed E-state index contributed by atoms with van der Waals surface area (Å²) in [7, 11) is 0. The van der Waals surface area contributed by atoms with E-state index in [-0.39, 0.29) is 11.8 Å². The second-order valence-corrected chi connectivity index (χ2v) is 2.36. The van der Waals surface area contributed by atoms with Crippen LogP contribution in [0.2, 0.25) is 5.28 Å². The molecule has 0 aromatic carbocycles. The highest BCUT2D eigenvalue weighted by molar-refractivity contribution is 6.28. The molecular weight excluding hydrogens is 182 g/mol. The van der Waals surface area contributed by atoms with E-state index in [4.69, 9.17) is 16.7 Å². The quantitative estimate of drug-likeness (QED) is 0.675. The van der Waals surface area contributed by atoms with Gasteiger partial charge in [0.2, 0.25) is 5.28 Å². The molecule has 0 atom stereocenters. The third kappa shape index (κ3) is 2.71. The molecule has 1 amide bonds. The van der Waals surface area contributed by atoms with Gasteiger partial charge in [0, 0.05) is 24.5 Å². The van der Waals surface area contributed by atoms with Crippen molar-refractivity contribution in [2.24, 2.45) is 0 Å². The number of carboxylic acid groups (broad SMARTS) is 1. The third-order valence-corrected chi connectivity index (χ3v) is 1.31. The highest BCUT2D eigenvalue weighted by atomic mass is 35.5. The maximum Gasteiger partial charge on any atom is 0.404 e. The molecule has 0 unspecified atom stereocenters. The van der Waals surface area contributed by atoms with Crippen LogP contribution < -0.4 is 5.32 Å². The summed E-state index contributed by atoms with van der Waals surface area (Å²) in [5.41, 5.74) is 0.668. The van der Waals surface area contributed by atoms with Gasteiger partial charge in [0.1, 0.15) is 0 Å². The molecule has 1 aromatic heterocycles. The molecule has 12 heavy (non-hydrogen) atoms. The zero-order valence-electron chi connectivity index (χ0n) is 5.99. The maximum atomic E-state index is 10.1. The second-order valence-electron chi connectivity index (χ2n) is 2.02. The summed E-state index contributed by atoms with van der Waals surface area (Å²) in [4.78, 5) is 17.4. The lowest BCUT2D eigenvalue weighted by Gasteiger charge is -1.98. The van der Waals surface area contributed by atoms with Crippen molar-refractivity contribution in [2.45, 2.75) is 6.54 Å². The minimum atomic E-state index is -1.08. The first-order chi connectivity index (χ1) is 5.68. The van der Waals surface area contributed by atoms with Gasteiger partial charge >= 0.3 is 6.09 Å². The van der Waals surface area contributed by atoms with Gasteiger partial charge < -0.3 is 10.4 Å². The number of halogens is 1. The van der Waals surface area contributed by atoms with E-state index in [2.05, 4.69) is 15.3 Å². The number of hydrogen-bond acceptors (Lipinski definition) is 3. The average molecular weight is 188 g/mol. The van der Waals surface area contributed by atoms with E-state index in [1.165, 1.54) is 12.4 Å². The molecule has 0 bridgehead atoms. The Balaban J connectivity index is 2.53.